The van der Waals surface area contributed by atoms with Crippen LogP contribution in [-0.4, -0.2) is 11.9 Å². The SMILES string of the molecule is CC1(C)Cc2ccc(C(C)(C)C)c(CCC=O)c2O1. The van der Waals surface area contributed by atoms with Gasteiger partial charge >= 0.3 is 0 Å². The molecule has 1 aliphatic rings. The maximum Gasteiger partial charge on any atom is 0.126 e. The highest BCUT2D eigenvalue weighted by molar-refractivity contribution is 5.55. The first-order valence-corrected chi connectivity index (χ1v) is 7.02. The van der Waals surface area contributed by atoms with E-state index in [0.717, 1.165) is 24.9 Å². The largest absolute Gasteiger partial charge is 0.487 e. The fourth-order valence-corrected chi connectivity index (χ4v) is 2.87. The van der Waals surface area contributed by atoms with Crippen molar-refractivity contribution in [1.82, 2.24) is 0 Å². The average molecular weight is 260 g/mol. The molecule has 0 atom stereocenters. The summed E-state index contributed by atoms with van der Waals surface area (Å²) in [7, 11) is 0. The Labute approximate surface area is 116 Å². The highest BCUT2D eigenvalue weighted by atomic mass is 16.5. The minimum atomic E-state index is -0.130. The van der Waals surface area contributed by atoms with Crippen LogP contribution < -0.4 is 4.74 Å². The molecule has 0 aromatic heterocycles. The molecule has 0 aliphatic carbocycles. The van der Waals surface area contributed by atoms with Gasteiger partial charge in [-0.05, 0) is 42.4 Å². The van der Waals surface area contributed by atoms with E-state index < -0.39 is 0 Å². The summed E-state index contributed by atoms with van der Waals surface area (Å²) < 4.78 is 6.14. The first-order chi connectivity index (χ1) is 8.74. The molecule has 0 spiro atoms. The molecule has 104 valence electrons. The molecule has 0 saturated heterocycles. The van der Waals surface area contributed by atoms with Crippen LogP contribution in [0.25, 0.3) is 0 Å². The standard InChI is InChI=1S/C17H24O2/c1-16(2,3)14-9-8-12-11-17(4,5)19-15(12)13(14)7-6-10-18/h8-10H,6-7,11H2,1-5H3. The second-order valence-corrected chi connectivity index (χ2v) is 7.07. The predicted molar refractivity (Wildman–Crippen MR) is 77.9 cm³/mol. The number of rotatable bonds is 3. The first-order valence-electron chi connectivity index (χ1n) is 7.02. The topological polar surface area (TPSA) is 26.3 Å². The minimum absolute atomic E-state index is 0.0728. The predicted octanol–water partition coefficient (Wildman–Crippen LogP) is 3.83. The van der Waals surface area contributed by atoms with E-state index in [1.807, 2.05) is 0 Å². The van der Waals surface area contributed by atoms with Gasteiger partial charge in [-0.15, -0.1) is 0 Å². The van der Waals surface area contributed by atoms with Gasteiger partial charge < -0.3 is 9.53 Å². The van der Waals surface area contributed by atoms with Gasteiger partial charge in [0.15, 0.2) is 0 Å². The van der Waals surface area contributed by atoms with Crippen molar-refractivity contribution in [3.05, 3.63) is 28.8 Å². The molecule has 19 heavy (non-hydrogen) atoms. The number of ether oxygens (including phenoxy) is 1. The van der Waals surface area contributed by atoms with Crippen LogP contribution in [0.4, 0.5) is 0 Å². The molecule has 0 amide bonds. The highest BCUT2D eigenvalue weighted by Gasteiger charge is 2.33. The monoisotopic (exact) mass is 260 g/mol. The van der Waals surface area contributed by atoms with Gasteiger partial charge in [0.25, 0.3) is 0 Å². The smallest absolute Gasteiger partial charge is 0.126 e. The molecule has 1 aromatic rings. The van der Waals surface area contributed by atoms with Crippen molar-refractivity contribution in [2.24, 2.45) is 0 Å². The van der Waals surface area contributed by atoms with E-state index >= 15 is 0 Å². The fourth-order valence-electron chi connectivity index (χ4n) is 2.87. The van der Waals surface area contributed by atoms with Crippen molar-refractivity contribution < 1.29 is 9.53 Å². The lowest BCUT2D eigenvalue weighted by Crippen LogP contribution is -2.25. The van der Waals surface area contributed by atoms with Gasteiger partial charge in [-0.3, -0.25) is 0 Å². The van der Waals surface area contributed by atoms with E-state index in [9.17, 15) is 4.79 Å². The Hall–Kier alpha value is -1.31. The van der Waals surface area contributed by atoms with Crippen molar-refractivity contribution in [2.75, 3.05) is 0 Å². The summed E-state index contributed by atoms with van der Waals surface area (Å²) in [6.45, 7) is 10.9. The van der Waals surface area contributed by atoms with Crippen LogP contribution in [0.3, 0.4) is 0 Å². The zero-order chi connectivity index (χ0) is 14.3. The van der Waals surface area contributed by atoms with Gasteiger partial charge in [0, 0.05) is 12.8 Å². The number of hydrogen-bond donors (Lipinski definition) is 0. The lowest BCUT2D eigenvalue weighted by Gasteiger charge is -2.25. The quantitative estimate of drug-likeness (QED) is 0.772. The molecule has 1 aliphatic heterocycles. The molecule has 0 unspecified atom stereocenters. The van der Waals surface area contributed by atoms with Crippen LogP contribution in [0, 0.1) is 0 Å². The third kappa shape index (κ3) is 2.83. The Morgan fingerprint density at radius 2 is 2.00 bits per heavy atom. The summed E-state index contributed by atoms with van der Waals surface area (Å²) in [5.41, 5.74) is 3.74. The molecule has 2 heteroatoms. The zero-order valence-corrected chi connectivity index (χ0v) is 12.7. The summed E-state index contributed by atoms with van der Waals surface area (Å²) in [5.74, 6) is 1.03. The maximum absolute atomic E-state index is 10.7. The van der Waals surface area contributed by atoms with Crippen molar-refractivity contribution in [3.8, 4) is 5.75 Å². The van der Waals surface area contributed by atoms with Gasteiger partial charge in [0.2, 0.25) is 0 Å². The third-order valence-corrected chi connectivity index (χ3v) is 3.66. The summed E-state index contributed by atoms with van der Waals surface area (Å²) in [4.78, 5) is 10.7. The Kier molecular flexibility index (Phi) is 3.46. The van der Waals surface area contributed by atoms with Crippen LogP contribution in [-0.2, 0) is 23.1 Å². The minimum Gasteiger partial charge on any atom is -0.487 e. The molecule has 0 fully saturated rings. The number of carbonyl (C=O) groups is 1. The molecule has 2 rings (SSSR count). The highest BCUT2D eigenvalue weighted by Crippen LogP contribution is 2.42. The lowest BCUT2D eigenvalue weighted by atomic mass is 9.81. The Bertz CT molecular complexity index is 493. The average Bonchev–Trinajstić information content (AvgIpc) is 2.58. The van der Waals surface area contributed by atoms with E-state index in [-0.39, 0.29) is 11.0 Å². The van der Waals surface area contributed by atoms with Crippen LogP contribution in [0.1, 0.15) is 57.7 Å². The Morgan fingerprint density at radius 3 is 2.58 bits per heavy atom. The van der Waals surface area contributed by atoms with E-state index in [0.29, 0.717) is 6.42 Å². The summed E-state index contributed by atoms with van der Waals surface area (Å²) in [6.07, 6.45) is 3.27. The normalized spacial score (nSPS) is 16.9. The molecule has 1 aromatic carbocycles. The van der Waals surface area contributed by atoms with E-state index in [1.165, 1.54) is 16.7 Å². The van der Waals surface area contributed by atoms with Crippen molar-refractivity contribution in [1.29, 1.82) is 0 Å². The number of hydrogen-bond acceptors (Lipinski definition) is 2. The lowest BCUT2D eigenvalue weighted by molar-refractivity contribution is -0.107. The molecule has 2 nitrogen and oxygen atoms in total. The summed E-state index contributed by atoms with van der Waals surface area (Å²) >= 11 is 0. The number of aldehydes is 1. The zero-order valence-electron chi connectivity index (χ0n) is 12.7. The van der Waals surface area contributed by atoms with Gasteiger partial charge in [0.05, 0.1) is 0 Å². The van der Waals surface area contributed by atoms with E-state index in [4.69, 9.17) is 4.74 Å². The molecule has 0 saturated carbocycles. The van der Waals surface area contributed by atoms with E-state index in [2.05, 4.69) is 46.8 Å². The molecule has 1 heterocycles. The summed E-state index contributed by atoms with van der Waals surface area (Å²) in [5, 5.41) is 0. The van der Waals surface area contributed by atoms with Crippen LogP contribution in [0.15, 0.2) is 12.1 Å². The molecule has 0 bridgehead atoms. The van der Waals surface area contributed by atoms with Gasteiger partial charge in [-0.2, -0.15) is 0 Å². The van der Waals surface area contributed by atoms with Crippen molar-refractivity contribution >= 4 is 6.29 Å². The number of benzene rings is 1. The van der Waals surface area contributed by atoms with Crippen molar-refractivity contribution in [3.63, 3.8) is 0 Å². The summed E-state index contributed by atoms with van der Waals surface area (Å²) in [6, 6.07) is 4.40. The molecular weight excluding hydrogens is 236 g/mol. The second kappa shape index (κ2) is 4.66. The Morgan fingerprint density at radius 1 is 1.32 bits per heavy atom. The van der Waals surface area contributed by atoms with Crippen LogP contribution in [0.5, 0.6) is 5.75 Å². The number of carbonyl (C=O) groups excluding carboxylic acids is 1. The number of fused-ring (bicyclic) bond motifs is 1. The molecular formula is C17H24O2. The maximum atomic E-state index is 10.7. The third-order valence-electron chi connectivity index (χ3n) is 3.66. The molecule has 0 N–H and O–H groups in total. The van der Waals surface area contributed by atoms with Crippen LogP contribution in [0.2, 0.25) is 0 Å². The fraction of sp³-hybridized carbons (Fsp3) is 0.588. The molecule has 0 radical (unpaired) electrons. The van der Waals surface area contributed by atoms with Gasteiger partial charge in [0.1, 0.15) is 17.6 Å². The Balaban J connectivity index is 2.52. The van der Waals surface area contributed by atoms with E-state index in [1.54, 1.807) is 0 Å². The van der Waals surface area contributed by atoms with Crippen molar-refractivity contribution in [2.45, 2.75) is 64.9 Å². The van der Waals surface area contributed by atoms with Gasteiger partial charge in [-0.25, -0.2) is 0 Å². The first kappa shape index (κ1) is 14.1. The van der Waals surface area contributed by atoms with Gasteiger partial charge in [-0.1, -0.05) is 32.9 Å². The van der Waals surface area contributed by atoms with Crippen LogP contribution >= 0.6 is 0 Å². The second-order valence-electron chi connectivity index (χ2n) is 7.07.